The standard InChI is InChI=1S/C13H15ClO2/c1-2-6-11(14)13(16)12(15)9-10-7-4-3-5-8-10/h3-5,7-8,11H,2,6,9H2,1H3. The van der Waals surface area contributed by atoms with Crippen molar-refractivity contribution in [1.82, 2.24) is 0 Å². The van der Waals surface area contributed by atoms with E-state index in [1.807, 2.05) is 37.3 Å². The van der Waals surface area contributed by atoms with E-state index < -0.39 is 16.9 Å². The van der Waals surface area contributed by atoms with Crippen LogP contribution in [0.15, 0.2) is 30.3 Å². The van der Waals surface area contributed by atoms with Crippen molar-refractivity contribution < 1.29 is 9.59 Å². The van der Waals surface area contributed by atoms with E-state index in [1.54, 1.807) is 0 Å². The highest BCUT2D eigenvalue weighted by Gasteiger charge is 2.22. The average molecular weight is 239 g/mol. The molecule has 0 aliphatic heterocycles. The van der Waals surface area contributed by atoms with Gasteiger partial charge in [-0.15, -0.1) is 11.6 Å². The molecule has 0 heterocycles. The predicted molar refractivity (Wildman–Crippen MR) is 64.7 cm³/mol. The first kappa shape index (κ1) is 12.9. The minimum atomic E-state index is -0.666. The van der Waals surface area contributed by atoms with Crippen molar-refractivity contribution in [3.63, 3.8) is 0 Å². The van der Waals surface area contributed by atoms with E-state index in [1.165, 1.54) is 0 Å². The van der Waals surface area contributed by atoms with Crippen LogP contribution in [0.2, 0.25) is 0 Å². The van der Waals surface area contributed by atoms with Gasteiger partial charge in [0.05, 0.1) is 5.38 Å². The van der Waals surface area contributed by atoms with Crippen LogP contribution in [-0.2, 0) is 16.0 Å². The van der Waals surface area contributed by atoms with Gasteiger partial charge in [-0.3, -0.25) is 9.59 Å². The van der Waals surface area contributed by atoms with E-state index in [0.717, 1.165) is 12.0 Å². The molecule has 0 spiro atoms. The second-order valence-electron chi connectivity index (χ2n) is 3.71. The molecule has 1 unspecified atom stereocenters. The quantitative estimate of drug-likeness (QED) is 0.564. The molecule has 0 radical (unpaired) electrons. The Hall–Kier alpha value is -1.15. The van der Waals surface area contributed by atoms with Gasteiger partial charge in [0.25, 0.3) is 0 Å². The molecule has 0 saturated heterocycles. The van der Waals surface area contributed by atoms with Gasteiger partial charge in [0.2, 0.25) is 11.6 Å². The molecule has 1 atom stereocenters. The summed E-state index contributed by atoms with van der Waals surface area (Å²) in [5, 5.41) is -0.666. The Morgan fingerprint density at radius 2 is 1.88 bits per heavy atom. The normalized spacial score (nSPS) is 12.1. The number of ketones is 2. The van der Waals surface area contributed by atoms with Crippen molar-refractivity contribution in [1.29, 1.82) is 0 Å². The molecule has 86 valence electrons. The van der Waals surface area contributed by atoms with Crippen molar-refractivity contribution in [2.45, 2.75) is 31.6 Å². The highest BCUT2D eigenvalue weighted by molar-refractivity contribution is 6.49. The monoisotopic (exact) mass is 238 g/mol. The summed E-state index contributed by atoms with van der Waals surface area (Å²) in [6.45, 7) is 1.93. The van der Waals surface area contributed by atoms with Gasteiger partial charge in [0.15, 0.2) is 0 Å². The van der Waals surface area contributed by atoms with Gasteiger partial charge >= 0.3 is 0 Å². The smallest absolute Gasteiger partial charge is 0.216 e. The number of alkyl halides is 1. The second kappa shape index (κ2) is 6.44. The van der Waals surface area contributed by atoms with Crippen LogP contribution in [-0.4, -0.2) is 16.9 Å². The Morgan fingerprint density at radius 1 is 1.25 bits per heavy atom. The number of carbonyl (C=O) groups excluding carboxylic acids is 2. The average Bonchev–Trinajstić information content (AvgIpc) is 2.29. The summed E-state index contributed by atoms with van der Waals surface area (Å²) in [5.41, 5.74) is 0.848. The Morgan fingerprint density at radius 3 is 2.44 bits per heavy atom. The molecule has 0 aliphatic rings. The summed E-state index contributed by atoms with van der Waals surface area (Å²) >= 11 is 5.82. The van der Waals surface area contributed by atoms with Gasteiger partial charge in [-0.05, 0) is 12.0 Å². The largest absolute Gasteiger partial charge is 0.290 e. The molecule has 1 aromatic carbocycles. The van der Waals surface area contributed by atoms with E-state index in [0.29, 0.717) is 6.42 Å². The number of benzene rings is 1. The molecule has 0 amide bonds. The molecule has 0 aromatic heterocycles. The van der Waals surface area contributed by atoms with Crippen molar-refractivity contribution in [3.8, 4) is 0 Å². The number of hydrogen-bond acceptors (Lipinski definition) is 2. The van der Waals surface area contributed by atoms with Gasteiger partial charge in [-0.25, -0.2) is 0 Å². The van der Waals surface area contributed by atoms with Gasteiger partial charge in [-0.1, -0.05) is 43.7 Å². The summed E-state index contributed by atoms with van der Waals surface area (Å²) in [7, 11) is 0. The zero-order chi connectivity index (χ0) is 12.0. The number of halogens is 1. The Labute approximate surface area is 101 Å². The lowest BCUT2D eigenvalue weighted by molar-refractivity contribution is -0.136. The van der Waals surface area contributed by atoms with E-state index >= 15 is 0 Å². The van der Waals surface area contributed by atoms with Crippen molar-refractivity contribution in [3.05, 3.63) is 35.9 Å². The molecular formula is C13H15ClO2. The van der Waals surface area contributed by atoms with E-state index in [2.05, 4.69) is 0 Å². The highest BCUT2D eigenvalue weighted by Crippen LogP contribution is 2.09. The lowest BCUT2D eigenvalue weighted by Crippen LogP contribution is -2.25. The molecule has 0 saturated carbocycles. The van der Waals surface area contributed by atoms with Gasteiger partial charge in [0.1, 0.15) is 0 Å². The van der Waals surface area contributed by atoms with Crippen molar-refractivity contribution in [2.24, 2.45) is 0 Å². The maximum Gasteiger partial charge on any atom is 0.216 e. The van der Waals surface area contributed by atoms with Crippen molar-refractivity contribution >= 4 is 23.2 Å². The lowest BCUT2D eigenvalue weighted by Gasteiger charge is -2.05. The summed E-state index contributed by atoms with van der Waals surface area (Å²) in [4.78, 5) is 23.2. The zero-order valence-corrected chi connectivity index (χ0v) is 10.0. The van der Waals surface area contributed by atoms with E-state index in [-0.39, 0.29) is 6.42 Å². The third kappa shape index (κ3) is 3.78. The Kier molecular flexibility index (Phi) is 5.20. The molecule has 0 fully saturated rings. The molecular weight excluding hydrogens is 224 g/mol. The first-order chi connectivity index (χ1) is 7.65. The molecule has 0 bridgehead atoms. The molecule has 1 rings (SSSR count). The van der Waals surface area contributed by atoms with Crippen LogP contribution in [0.1, 0.15) is 25.3 Å². The minimum Gasteiger partial charge on any atom is -0.290 e. The first-order valence-electron chi connectivity index (χ1n) is 5.40. The van der Waals surface area contributed by atoms with Crippen LogP contribution in [0.3, 0.4) is 0 Å². The summed E-state index contributed by atoms with van der Waals surface area (Å²) < 4.78 is 0. The van der Waals surface area contributed by atoms with Crippen LogP contribution >= 0.6 is 11.6 Å². The van der Waals surface area contributed by atoms with Crippen molar-refractivity contribution in [2.75, 3.05) is 0 Å². The molecule has 2 nitrogen and oxygen atoms in total. The lowest BCUT2D eigenvalue weighted by atomic mass is 10.0. The van der Waals surface area contributed by atoms with Crippen LogP contribution in [0.25, 0.3) is 0 Å². The van der Waals surface area contributed by atoms with Crippen LogP contribution in [0.5, 0.6) is 0 Å². The molecule has 0 aliphatic carbocycles. The van der Waals surface area contributed by atoms with Crippen LogP contribution in [0.4, 0.5) is 0 Å². The second-order valence-corrected chi connectivity index (χ2v) is 4.23. The Balaban J connectivity index is 2.56. The third-order valence-corrected chi connectivity index (χ3v) is 2.73. The highest BCUT2D eigenvalue weighted by atomic mass is 35.5. The molecule has 0 N–H and O–H groups in total. The fourth-order valence-electron chi connectivity index (χ4n) is 1.43. The SMILES string of the molecule is CCCC(Cl)C(=O)C(=O)Cc1ccccc1. The molecule has 1 aromatic rings. The molecule has 16 heavy (non-hydrogen) atoms. The first-order valence-corrected chi connectivity index (χ1v) is 5.83. The number of rotatable bonds is 6. The summed E-state index contributed by atoms with van der Waals surface area (Å²) in [5.74, 6) is -0.869. The van der Waals surface area contributed by atoms with Gasteiger partial charge in [0, 0.05) is 6.42 Å². The number of hydrogen-bond donors (Lipinski definition) is 0. The fraction of sp³-hybridized carbons (Fsp3) is 0.385. The van der Waals surface area contributed by atoms with Gasteiger partial charge < -0.3 is 0 Å². The predicted octanol–water partition coefficient (Wildman–Crippen LogP) is 2.77. The van der Waals surface area contributed by atoms with E-state index in [9.17, 15) is 9.59 Å². The number of Topliss-reactive ketones (excluding diaryl/α,β-unsaturated/α-hetero) is 2. The van der Waals surface area contributed by atoms with E-state index in [4.69, 9.17) is 11.6 Å². The molecule has 3 heteroatoms. The topological polar surface area (TPSA) is 34.1 Å². The Bertz CT molecular complexity index is 359. The zero-order valence-electron chi connectivity index (χ0n) is 9.28. The minimum absolute atomic E-state index is 0.145. The van der Waals surface area contributed by atoms with Crippen LogP contribution < -0.4 is 0 Å². The summed E-state index contributed by atoms with van der Waals surface area (Å²) in [6.07, 6.45) is 1.51. The van der Waals surface area contributed by atoms with Gasteiger partial charge in [-0.2, -0.15) is 0 Å². The summed E-state index contributed by atoms with van der Waals surface area (Å²) in [6, 6.07) is 9.22. The van der Waals surface area contributed by atoms with Crippen LogP contribution in [0, 0.1) is 0 Å². The maximum atomic E-state index is 11.6. The fourth-order valence-corrected chi connectivity index (χ4v) is 1.77. The number of carbonyl (C=O) groups is 2. The third-order valence-electron chi connectivity index (χ3n) is 2.31. The maximum absolute atomic E-state index is 11.6.